The van der Waals surface area contributed by atoms with Gasteiger partial charge in [0, 0.05) is 49.9 Å². The van der Waals surface area contributed by atoms with Crippen molar-refractivity contribution < 1.29 is 4.92 Å². The number of nitro benzene ring substituents is 1. The van der Waals surface area contributed by atoms with Crippen LogP contribution in [-0.4, -0.2) is 60.5 Å². The number of likely N-dealkylation sites (N-methyl/N-ethyl adjacent to an activating group) is 1. The molecule has 0 unspecified atom stereocenters. The van der Waals surface area contributed by atoms with Crippen molar-refractivity contribution in [2.45, 2.75) is 13.0 Å². The van der Waals surface area contributed by atoms with Crippen molar-refractivity contribution in [1.82, 2.24) is 9.80 Å². The molecule has 0 aliphatic carbocycles. The maximum absolute atomic E-state index is 11.0. The molecule has 1 aromatic carbocycles. The average molecular weight is 313 g/mol. The van der Waals surface area contributed by atoms with E-state index in [1.807, 2.05) is 0 Å². The summed E-state index contributed by atoms with van der Waals surface area (Å²) in [6, 6.07) is 5.04. The number of hydrogen-bond acceptors (Lipinski definition) is 5. The van der Waals surface area contributed by atoms with Gasteiger partial charge in [0.2, 0.25) is 0 Å². The van der Waals surface area contributed by atoms with Crippen molar-refractivity contribution in [3.63, 3.8) is 0 Å². The molecule has 0 aromatic heterocycles. The molecule has 116 valence electrons. The summed E-state index contributed by atoms with van der Waals surface area (Å²) in [5, 5.41) is 14.6. The number of anilines is 1. The first-order valence-corrected chi connectivity index (χ1v) is 7.45. The Morgan fingerprint density at radius 3 is 2.67 bits per heavy atom. The minimum absolute atomic E-state index is 0.0214. The molecule has 1 heterocycles. The van der Waals surface area contributed by atoms with Crippen LogP contribution in [0.1, 0.15) is 6.92 Å². The Hall–Kier alpha value is -1.37. The highest BCUT2D eigenvalue weighted by molar-refractivity contribution is 6.30. The Kier molecular flexibility index (Phi) is 5.39. The van der Waals surface area contributed by atoms with Crippen molar-refractivity contribution in [1.29, 1.82) is 0 Å². The van der Waals surface area contributed by atoms with Gasteiger partial charge in [-0.2, -0.15) is 0 Å². The Balaban J connectivity index is 1.95. The van der Waals surface area contributed by atoms with E-state index in [0.717, 1.165) is 26.2 Å². The van der Waals surface area contributed by atoms with E-state index in [0.29, 0.717) is 23.3 Å². The van der Waals surface area contributed by atoms with Crippen LogP contribution in [0.25, 0.3) is 0 Å². The van der Waals surface area contributed by atoms with E-state index < -0.39 is 4.92 Å². The van der Waals surface area contributed by atoms with Gasteiger partial charge in [0.25, 0.3) is 5.69 Å². The molecule has 2 rings (SSSR count). The van der Waals surface area contributed by atoms with Crippen LogP contribution < -0.4 is 5.32 Å². The SMILES string of the molecule is C[C@@H](CNc1ccc(Cl)cc1[N+](=O)[O-])N1CCN(C)CC1. The van der Waals surface area contributed by atoms with Gasteiger partial charge in [0.1, 0.15) is 5.69 Å². The van der Waals surface area contributed by atoms with Crippen LogP contribution in [0.3, 0.4) is 0 Å². The molecular formula is C14H21ClN4O2. The lowest BCUT2D eigenvalue weighted by Gasteiger charge is -2.36. The lowest BCUT2D eigenvalue weighted by molar-refractivity contribution is -0.383. The summed E-state index contributed by atoms with van der Waals surface area (Å²) in [7, 11) is 2.12. The van der Waals surface area contributed by atoms with Gasteiger partial charge in [-0.3, -0.25) is 15.0 Å². The third-order valence-electron chi connectivity index (χ3n) is 3.91. The maximum atomic E-state index is 11.0. The van der Waals surface area contributed by atoms with Gasteiger partial charge in [-0.15, -0.1) is 0 Å². The van der Waals surface area contributed by atoms with Crippen molar-refractivity contribution in [2.24, 2.45) is 0 Å². The Morgan fingerprint density at radius 1 is 1.38 bits per heavy atom. The highest BCUT2D eigenvalue weighted by Gasteiger charge is 2.20. The lowest BCUT2D eigenvalue weighted by atomic mass is 10.2. The number of halogens is 1. The topological polar surface area (TPSA) is 61.7 Å². The smallest absolute Gasteiger partial charge is 0.293 e. The largest absolute Gasteiger partial charge is 0.378 e. The predicted molar refractivity (Wildman–Crippen MR) is 85.1 cm³/mol. The summed E-state index contributed by atoms with van der Waals surface area (Å²) in [5.74, 6) is 0. The Labute approximate surface area is 129 Å². The van der Waals surface area contributed by atoms with Gasteiger partial charge in [-0.05, 0) is 26.1 Å². The number of nitrogens with zero attached hydrogens (tertiary/aromatic N) is 3. The van der Waals surface area contributed by atoms with Gasteiger partial charge in [0.05, 0.1) is 4.92 Å². The molecule has 1 fully saturated rings. The fraction of sp³-hybridized carbons (Fsp3) is 0.571. The summed E-state index contributed by atoms with van der Waals surface area (Å²) >= 11 is 5.81. The molecule has 0 amide bonds. The maximum Gasteiger partial charge on any atom is 0.293 e. The third kappa shape index (κ3) is 4.30. The number of nitrogens with one attached hydrogen (secondary N) is 1. The van der Waals surface area contributed by atoms with Gasteiger partial charge in [-0.25, -0.2) is 0 Å². The van der Waals surface area contributed by atoms with Crippen molar-refractivity contribution in [2.75, 3.05) is 45.1 Å². The molecule has 6 nitrogen and oxygen atoms in total. The first kappa shape index (κ1) is 16.0. The van der Waals surface area contributed by atoms with E-state index in [9.17, 15) is 10.1 Å². The van der Waals surface area contributed by atoms with Gasteiger partial charge >= 0.3 is 0 Å². The lowest BCUT2D eigenvalue weighted by Crippen LogP contribution is -2.49. The molecule has 0 bridgehead atoms. The quantitative estimate of drug-likeness (QED) is 0.667. The molecule has 0 saturated carbocycles. The molecule has 1 aliphatic rings. The monoisotopic (exact) mass is 312 g/mol. The summed E-state index contributed by atoms with van der Waals surface area (Å²) in [4.78, 5) is 15.3. The summed E-state index contributed by atoms with van der Waals surface area (Å²) < 4.78 is 0. The van der Waals surface area contributed by atoms with Crippen molar-refractivity contribution >= 4 is 23.0 Å². The molecule has 21 heavy (non-hydrogen) atoms. The standard InChI is InChI=1S/C14H21ClN4O2/c1-11(18-7-5-17(2)6-8-18)10-16-13-4-3-12(15)9-14(13)19(20)21/h3-4,9,11,16H,5-8,10H2,1-2H3/t11-/m0/s1. The van der Waals surface area contributed by atoms with Crippen LogP contribution in [0, 0.1) is 10.1 Å². The van der Waals surface area contributed by atoms with E-state index in [1.165, 1.54) is 6.07 Å². The van der Waals surface area contributed by atoms with Crippen LogP contribution in [0.4, 0.5) is 11.4 Å². The zero-order valence-electron chi connectivity index (χ0n) is 12.4. The van der Waals surface area contributed by atoms with Crippen LogP contribution >= 0.6 is 11.6 Å². The first-order valence-electron chi connectivity index (χ1n) is 7.08. The zero-order chi connectivity index (χ0) is 15.4. The summed E-state index contributed by atoms with van der Waals surface area (Å²) in [6.45, 7) is 6.99. The predicted octanol–water partition coefficient (Wildman–Crippen LogP) is 2.30. The van der Waals surface area contributed by atoms with Crippen LogP contribution in [0.2, 0.25) is 5.02 Å². The van der Waals surface area contributed by atoms with Crippen LogP contribution in [0.15, 0.2) is 18.2 Å². The molecular weight excluding hydrogens is 292 g/mol. The average Bonchev–Trinajstić information content (AvgIpc) is 2.46. The number of hydrogen-bond donors (Lipinski definition) is 1. The van der Waals surface area contributed by atoms with Gasteiger partial charge in [-0.1, -0.05) is 11.6 Å². The highest BCUT2D eigenvalue weighted by Crippen LogP contribution is 2.27. The molecule has 1 N–H and O–H groups in total. The molecule has 1 atom stereocenters. The second-order valence-corrected chi connectivity index (χ2v) is 5.92. The Bertz CT molecular complexity index is 504. The minimum Gasteiger partial charge on any atom is -0.378 e. The van der Waals surface area contributed by atoms with E-state index >= 15 is 0 Å². The van der Waals surface area contributed by atoms with E-state index in [4.69, 9.17) is 11.6 Å². The summed E-state index contributed by atoms with van der Waals surface area (Å²) in [6.07, 6.45) is 0. The zero-order valence-corrected chi connectivity index (χ0v) is 13.1. The van der Waals surface area contributed by atoms with Crippen molar-refractivity contribution in [3.05, 3.63) is 33.3 Å². The first-order chi connectivity index (χ1) is 9.97. The number of piperazine rings is 1. The molecule has 7 heteroatoms. The normalized spacial score (nSPS) is 18.4. The fourth-order valence-electron chi connectivity index (χ4n) is 2.45. The number of benzene rings is 1. The van der Waals surface area contributed by atoms with Crippen LogP contribution in [0.5, 0.6) is 0 Å². The third-order valence-corrected chi connectivity index (χ3v) is 4.14. The Morgan fingerprint density at radius 2 is 2.05 bits per heavy atom. The van der Waals surface area contributed by atoms with E-state index in [-0.39, 0.29) is 5.69 Å². The van der Waals surface area contributed by atoms with Crippen molar-refractivity contribution in [3.8, 4) is 0 Å². The second-order valence-electron chi connectivity index (χ2n) is 5.49. The second kappa shape index (κ2) is 7.06. The molecule has 0 radical (unpaired) electrons. The van der Waals surface area contributed by atoms with Gasteiger partial charge in [0.15, 0.2) is 0 Å². The van der Waals surface area contributed by atoms with E-state index in [1.54, 1.807) is 12.1 Å². The molecule has 1 aliphatic heterocycles. The highest BCUT2D eigenvalue weighted by atomic mass is 35.5. The molecule has 1 saturated heterocycles. The van der Waals surface area contributed by atoms with E-state index in [2.05, 4.69) is 29.1 Å². The summed E-state index contributed by atoms with van der Waals surface area (Å²) in [5.41, 5.74) is 0.540. The minimum atomic E-state index is -0.408. The number of nitro groups is 1. The van der Waals surface area contributed by atoms with Crippen LogP contribution in [-0.2, 0) is 0 Å². The van der Waals surface area contributed by atoms with Gasteiger partial charge < -0.3 is 10.2 Å². The molecule has 1 aromatic rings. The number of rotatable bonds is 5. The fourth-order valence-corrected chi connectivity index (χ4v) is 2.62. The molecule has 0 spiro atoms.